The number of benzene rings is 1. The quantitative estimate of drug-likeness (QED) is 0.628. The second kappa shape index (κ2) is 7.35. The summed E-state index contributed by atoms with van der Waals surface area (Å²) in [5, 5.41) is 0. The molecule has 8 heteroatoms. The van der Waals surface area contributed by atoms with Crippen molar-refractivity contribution >= 4 is 22.9 Å². The van der Waals surface area contributed by atoms with Crippen LogP contribution in [0.4, 0.5) is 5.95 Å². The minimum atomic E-state index is -0.438. The number of ketones is 1. The lowest BCUT2D eigenvalue weighted by molar-refractivity contribution is 0.0973. The number of nitrogens with zero attached hydrogens (tertiary/aromatic N) is 5. The lowest BCUT2D eigenvalue weighted by atomic mass is 10.0. The Balaban J connectivity index is 1.94. The van der Waals surface area contributed by atoms with E-state index in [-0.39, 0.29) is 23.9 Å². The first-order chi connectivity index (χ1) is 13.9. The second-order valence-electron chi connectivity index (χ2n) is 7.70. The molecule has 0 saturated carbocycles. The van der Waals surface area contributed by atoms with E-state index in [0.717, 1.165) is 30.4 Å². The largest absolute Gasteiger partial charge is 0.339 e. The van der Waals surface area contributed by atoms with Gasteiger partial charge in [-0.05, 0) is 26.2 Å². The van der Waals surface area contributed by atoms with E-state index in [0.29, 0.717) is 17.2 Å². The van der Waals surface area contributed by atoms with Crippen molar-refractivity contribution in [1.29, 1.82) is 0 Å². The molecule has 0 N–H and O–H groups in total. The summed E-state index contributed by atoms with van der Waals surface area (Å²) in [6, 6.07) is 9.25. The number of aromatic nitrogens is 4. The number of hydrogen-bond acceptors (Lipinski definition) is 5. The van der Waals surface area contributed by atoms with Gasteiger partial charge in [0.1, 0.15) is 0 Å². The van der Waals surface area contributed by atoms with E-state index in [1.807, 2.05) is 18.2 Å². The van der Waals surface area contributed by atoms with Gasteiger partial charge in [-0.15, -0.1) is 0 Å². The van der Waals surface area contributed by atoms with Crippen molar-refractivity contribution in [2.45, 2.75) is 38.8 Å². The van der Waals surface area contributed by atoms with Crippen LogP contribution in [0, 0.1) is 0 Å². The Morgan fingerprint density at radius 3 is 2.52 bits per heavy atom. The summed E-state index contributed by atoms with van der Waals surface area (Å²) >= 11 is 0. The first kappa shape index (κ1) is 19.2. The fourth-order valence-electron chi connectivity index (χ4n) is 4.06. The maximum Gasteiger partial charge on any atom is 0.332 e. The molecule has 1 aliphatic heterocycles. The summed E-state index contributed by atoms with van der Waals surface area (Å²) < 4.78 is 4.13. The van der Waals surface area contributed by atoms with E-state index in [1.165, 1.54) is 11.6 Å². The number of hydrogen-bond donors (Lipinski definition) is 0. The fourth-order valence-corrected chi connectivity index (χ4v) is 4.06. The van der Waals surface area contributed by atoms with Gasteiger partial charge in [-0.25, -0.2) is 4.79 Å². The average molecular weight is 395 g/mol. The molecular formula is C21H25N5O3. The van der Waals surface area contributed by atoms with Crippen molar-refractivity contribution in [2.24, 2.45) is 14.1 Å². The third-order valence-electron chi connectivity index (χ3n) is 5.79. The highest BCUT2D eigenvalue weighted by Gasteiger charge is 2.28. The van der Waals surface area contributed by atoms with E-state index in [2.05, 4.69) is 16.8 Å². The zero-order valence-electron chi connectivity index (χ0n) is 17.0. The molecule has 4 rings (SSSR count). The van der Waals surface area contributed by atoms with Crippen LogP contribution in [0.1, 0.15) is 36.5 Å². The predicted molar refractivity (Wildman–Crippen MR) is 112 cm³/mol. The fraction of sp³-hybridized carbons (Fsp3) is 0.429. The van der Waals surface area contributed by atoms with E-state index >= 15 is 0 Å². The third kappa shape index (κ3) is 3.18. The van der Waals surface area contributed by atoms with Gasteiger partial charge in [0.2, 0.25) is 5.95 Å². The Morgan fingerprint density at radius 2 is 1.83 bits per heavy atom. The van der Waals surface area contributed by atoms with Crippen LogP contribution in [0.15, 0.2) is 39.9 Å². The zero-order valence-corrected chi connectivity index (χ0v) is 17.0. The summed E-state index contributed by atoms with van der Waals surface area (Å²) in [6.45, 7) is 2.92. The minimum absolute atomic E-state index is 0.00743. The highest BCUT2D eigenvalue weighted by Crippen LogP contribution is 2.27. The lowest BCUT2D eigenvalue weighted by Crippen LogP contribution is -2.40. The molecule has 1 atom stereocenters. The second-order valence-corrected chi connectivity index (χ2v) is 7.70. The molecule has 152 valence electrons. The molecule has 1 aromatic carbocycles. The Kier molecular flexibility index (Phi) is 4.86. The number of aryl methyl sites for hydroxylation is 1. The normalized spacial score (nSPS) is 17.1. The number of fused-ring (bicyclic) bond motifs is 1. The third-order valence-corrected chi connectivity index (χ3v) is 5.79. The van der Waals surface area contributed by atoms with Crippen LogP contribution in [-0.2, 0) is 20.6 Å². The van der Waals surface area contributed by atoms with Gasteiger partial charge in [0, 0.05) is 32.2 Å². The molecule has 0 unspecified atom stereocenters. The molecule has 3 heterocycles. The number of piperidine rings is 1. The molecule has 0 amide bonds. The van der Waals surface area contributed by atoms with E-state index in [9.17, 15) is 14.4 Å². The summed E-state index contributed by atoms with van der Waals surface area (Å²) in [6.07, 6.45) is 3.19. The summed E-state index contributed by atoms with van der Waals surface area (Å²) in [4.78, 5) is 45.2. The van der Waals surface area contributed by atoms with Crippen LogP contribution >= 0.6 is 0 Å². The molecule has 0 spiro atoms. The van der Waals surface area contributed by atoms with E-state index in [4.69, 9.17) is 0 Å². The molecule has 2 aromatic heterocycles. The highest BCUT2D eigenvalue weighted by atomic mass is 16.2. The van der Waals surface area contributed by atoms with Crippen molar-refractivity contribution in [3.05, 3.63) is 56.7 Å². The van der Waals surface area contributed by atoms with Crippen LogP contribution in [0.25, 0.3) is 11.2 Å². The standard InChI is InChI=1S/C21H25N5O3/c1-14-9-7-8-12-25(14)20-22-18-17(19(28)24(3)21(29)23(18)2)26(20)13-16(27)15-10-5-4-6-11-15/h4-6,10-11,14H,7-9,12-13H2,1-3H3/t14-/m1/s1. The molecule has 0 radical (unpaired) electrons. The van der Waals surface area contributed by atoms with Crippen molar-refractivity contribution < 1.29 is 4.79 Å². The minimum Gasteiger partial charge on any atom is -0.339 e. The number of carbonyl (C=O) groups is 1. The SMILES string of the molecule is C[C@@H]1CCCCN1c1nc2c(c(=O)n(C)c(=O)n2C)n1CC(=O)c1ccccc1. The molecular weight excluding hydrogens is 370 g/mol. The average Bonchev–Trinajstić information content (AvgIpc) is 3.10. The van der Waals surface area contributed by atoms with Gasteiger partial charge < -0.3 is 4.90 Å². The van der Waals surface area contributed by atoms with Crippen LogP contribution in [0.3, 0.4) is 0 Å². The van der Waals surface area contributed by atoms with Crippen molar-refractivity contribution in [1.82, 2.24) is 18.7 Å². The van der Waals surface area contributed by atoms with Gasteiger partial charge in [0.25, 0.3) is 5.56 Å². The molecule has 0 aliphatic carbocycles. The van der Waals surface area contributed by atoms with Gasteiger partial charge >= 0.3 is 5.69 Å². The molecule has 8 nitrogen and oxygen atoms in total. The monoisotopic (exact) mass is 395 g/mol. The lowest BCUT2D eigenvalue weighted by Gasteiger charge is -2.34. The van der Waals surface area contributed by atoms with Crippen LogP contribution in [0.5, 0.6) is 0 Å². The number of imidazole rings is 1. The van der Waals surface area contributed by atoms with Gasteiger partial charge in [-0.3, -0.25) is 23.3 Å². The van der Waals surface area contributed by atoms with Crippen molar-refractivity contribution in [2.75, 3.05) is 11.4 Å². The Hall–Kier alpha value is -3.16. The highest BCUT2D eigenvalue weighted by molar-refractivity contribution is 5.97. The summed E-state index contributed by atoms with van der Waals surface area (Å²) in [7, 11) is 3.05. The van der Waals surface area contributed by atoms with Gasteiger partial charge in [0.15, 0.2) is 16.9 Å². The number of carbonyl (C=O) groups excluding carboxylic acids is 1. The van der Waals surface area contributed by atoms with Crippen LogP contribution < -0.4 is 16.1 Å². The summed E-state index contributed by atoms with van der Waals surface area (Å²) in [5.74, 6) is 0.474. The maximum absolute atomic E-state index is 13.0. The van der Waals surface area contributed by atoms with Gasteiger partial charge in [-0.2, -0.15) is 4.98 Å². The number of rotatable bonds is 4. The smallest absolute Gasteiger partial charge is 0.332 e. The molecule has 1 saturated heterocycles. The molecule has 1 aliphatic rings. The topological polar surface area (TPSA) is 82.1 Å². The van der Waals surface area contributed by atoms with Crippen LogP contribution in [0.2, 0.25) is 0 Å². The Bertz CT molecular complexity index is 1190. The zero-order chi connectivity index (χ0) is 20.7. The number of anilines is 1. The van der Waals surface area contributed by atoms with Crippen LogP contribution in [-0.4, -0.2) is 37.1 Å². The maximum atomic E-state index is 13.0. The van der Waals surface area contributed by atoms with Crippen molar-refractivity contribution in [3.63, 3.8) is 0 Å². The Morgan fingerprint density at radius 1 is 1.10 bits per heavy atom. The molecule has 0 bridgehead atoms. The predicted octanol–water partition coefficient (Wildman–Crippen LogP) is 1.70. The first-order valence-corrected chi connectivity index (χ1v) is 9.91. The number of Topliss-reactive ketones (excluding diaryl/α,β-unsaturated/α-hetero) is 1. The van der Waals surface area contributed by atoms with E-state index in [1.54, 1.807) is 23.7 Å². The van der Waals surface area contributed by atoms with Gasteiger partial charge in [0.05, 0.1) is 6.54 Å². The first-order valence-electron chi connectivity index (χ1n) is 9.91. The molecule has 1 fully saturated rings. The summed E-state index contributed by atoms with van der Waals surface area (Å²) in [5.41, 5.74) is 0.305. The molecule has 29 heavy (non-hydrogen) atoms. The Labute approximate surface area is 168 Å². The molecule has 3 aromatic rings. The van der Waals surface area contributed by atoms with Gasteiger partial charge in [-0.1, -0.05) is 30.3 Å². The van der Waals surface area contributed by atoms with E-state index < -0.39 is 11.2 Å². The van der Waals surface area contributed by atoms with Crippen molar-refractivity contribution in [3.8, 4) is 0 Å².